The molecule has 1 atom stereocenters. The third kappa shape index (κ3) is 5.11. The summed E-state index contributed by atoms with van der Waals surface area (Å²) in [6.07, 6.45) is -1.14. The Bertz CT molecular complexity index is 942. The standard InChI is InChI=1S/C18H19FN2O5S/c1-12(17(22)20-15-9-7-14(19)8-10-15)26-18(23)13-5-4-6-16(11-13)27(24,25)21(2)3/h4-12H,1-3H3,(H,20,22)/t12-/m1/s1. The Morgan fingerprint density at radius 3 is 2.33 bits per heavy atom. The number of nitrogens with one attached hydrogen (secondary N) is 1. The van der Waals surface area contributed by atoms with Gasteiger partial charge in [0, 0.05) is 19.8 Å². The topological polar surface area (TPSA) is 92.8 Å². The summed E-state index contributed by atoms with van der Waals surface area (Å²) in [5.74, 6) is -1.89. The summed E-state index contributed by atoms with van der Waals surface area (Å²) in [5, 5.41) is 2.49. The Morgan fingerprint density at radius 2 is 1.74 bits per heavy atom. The van der Waals surface area contributed by atoms with Gasteiger partial charge in [-0.15, -0.1) is 0 Å². The number of esters is 1. The Balaban J connectivity index is 2.08. The van der Waals surface area contributed by atoms with E-state index < -0.39 is 33.8 Å². The molecule has 144 valence electrons. The number of amides is 1. The van der Waals surface area contributed by atoms with Gasteiger partial charge >= 0.3 is 5.97 Å². The minimum absolute atomic E-state index is 0.000595. The molecule has 2 aromatic carbocycles. The number of halogens is 1. The van der Waals surface area contributed by atoms with Crippen molar-refractivity contribution in [2.75, 3.05) is 19.4 Å². The highest BCUT2D eigenvalue weighted by Crippen LogP contribution is 2.16. The molecular formula is C18H19FN2O5S. The molecule has 9 heteroatoms. The molecule has 0 unspecified atom stereocenters. The lowest BCUT2D eigenvalue weighted by Gasteiger charge is -2.15. The zero-order valence-electron chi connectivity index (χ0n) is 15.0. The van der Waals surface area contributed by atoms with Gasteiger partial charge in [-0.1, -0.05) is 6.07 Å². The van der Waals surface area contributed by atoms with Gasteiger partial charge in [0.15, 0.2) is 6.10 Å². The zero-order valence-corrected chi connectivity index (χ0v) is 15.8. The number of benzene rings is 2. The van der Waals surface area contributed by atoms with E-state index in [-0.39, 0.29) is 10.5 Å². The Hall–Kier alpha value is -2.78. The average Bonchev–Trinajstić information content (AvgIpc) is 2.63. The van der Waals surface area contributed by atoms with E-state index in [0.717, 1.165) is 4.31 Å². The first kappa shape index (κ1) is 20.5. The van der Waals surface area contributed by atoms with Crippen LogP contribution in [0.2, 0.25) is 0 Å². The van der Waals surface area contributed by atoms with Gasteiger partial charge in [-0.25, -0.2) is 21.9 Å². The first-order valence-electron chi connectivity index (χ1n) is 7.91. The average molecular weight is 394 g/mol. The summed E-state index contributed by atoms with van der Waals surface area (Å²) in [6.45, 7) is 1.37. The number of hydrogen-bond donors (Lipinski definition) is 1. The fourth-order valence-electron chi connectivity index (χ4n) is 2.05. The molecule has 1 N–H and O–H groups in total. The van der Waals surface area contributed by atoms with Crippen LogP contribution in [0, 0.1) is 5.82 Å². The predicted molar refractivity (Wildman–Crippen MR) is 97.2 cm³/mol. The molecule has 0 aromatic heterocycles. The molecule has 0 heterocycles. The molecule has 2 aromatic rings. The van der Waals surface area contributed by atoms with Crippen LogP contribution in [-0.2, 0) is 19.6 Å². The third-order valence-electron chi connectivity index (χ3n) is 3.61. The first-order valence-corrected chi connectivity index (χ1v) is 9.35. The molecule has 7 nitrogen and oxygen atoms in total. The van der Waals surface area contributed by atoms with Gasteiger partial charge < -0.3 is 10.1 Å². The fraction of sp³-hybridized carbons (Fsp3) is 0.222. The third-order valence-corrected chi connectivity index (χ3v) is 5.42. The van der Waals surface area contributed by atoms with Gasteiger partial charge in [0.1, 0.15) is 5.82 Å². The van der Waals surface area contributed by atoms with E-state index in [9.17, 15) is 22.4 Å². The van der Waals surface area contributed by atoms with Crippen LogP contribution < -0.4 is 5.32 Å². The summed E-state index contributed by atoms with van der Waals surface area (Å²) in [7, 11) is -0.952. The van der Waals surface area contributed by atoms with E-state index >= 15 is 0 Å². The second-order valence-corrected chi connectivity index (χ2v) is 8.01. The number of sulfonamides is 1. The highest BCUT2D eigenvalue weighted by molar-refractivity contribution is 7.89. The van der Waals surface area contributed by atoms with Gasteiger partial charge in [-0.2, -0.15) is 0 Å². The Kier molecular flexibility index (Phi) is 6.29. The van der Waals surface area contributed by atoms with Crippen LogP contribution >= 0.6 is 0 Å². The molecule has 0 saturated heterocycles. The van der Waals surface area contributed by atoms with Crippen LogP contribution in [0.25, 0.3) is 0 Å². The maximum Gasteiger partial charge on any atom is 0.338 e. The molecule has 1 amide bonds. The van der Waals surface area contributed by atoms with Crippen molar-refractivity contribution in [1.29, 1.82) is 0 Å². The summed E-state index contributed by atoms with van der Waals surface area (Å²) >= 11 is 0. The molecule has 0 saturated carbocycles. The van der Waals surface area contributed by atoms with Crippen molar-refractivity contribution in [3.8, 4) is 0 Å². The van der Waals surface area contributed by atoms with Gasteiger partial charge in [0.25, 0.3) is 5.91 Å². The number of rotatable bonds is 6. The molecule has 0 aliphatic heterocycles. The monoisotopic (exact) mass is 394 g/mol. The number of anilines is 1. The van der Waals surface area contributed by atoms with Crippen LogP contribution in [-0.4, -0.2) is 44.8 Å². The first-order chi connectivity index (χ1) is 12.6. The van der Waals surface area contributed by atoms with Crippen LogP contribution in [0.15, 0.2) is 53.4 Å². The van der Waals surface area contributed by atoms with E-state index in [1.165, 1.54) is 69.6 Å². The molecule has 0 radical (unpaired) electrons. The molecule has 0 bridgehead atoms. The van der Waals surface area contributed by atoms with Crippen molar-refractivity contribution >= 4 is 27.6 Å². The minimum atomic E-state index is -3.71. The summed E-state index contributed by atoms with van der Waals surface area (Å²) in [6, 6.07) is 10.5. The smallest absolute Gasteiger partial charge is 0.338 e. The molecule has 0 spiro atoms. The lowest BCUT2D eigenvalue weighted by atomic mass is 10.2. The number of hydrogen-bond acceptors (Lipinski definition) is 5. The number of ether oxygens (including phenoxy) is 1. The van der Waals surface area contributed by atoms with Crippen LogP contribution in [0.3, 0.4) is 0 Å². The Labute approximate surface area is 156 Å². The largest absolute Gasteiger partial charge is 0.449 e. The molecular weight excluding hydrogens is 375 g/mol. The maximum absolute atomic E-state index is 12.9. The predicted octanol–water partition coefficient (Wildman–Crippen LogP) is 2.26. The van der Waals surface area contributed by atoms with Gasteiger partial charge in [-0.3, -0.25) is 4.79 Å². The molecule has 2 rings (SSSR count). The van der Waals surface area contributed by atoms with Crippen molar-refractivity contribution in [1.82, 2.24) is 4.31 Å². The Morgan fingerprint density at radius 1 is 1.11 bits per heavy atom. The molecule has 0 aliphatic carbocycles. The van der Waals surface area contributed by atoms with Crippen LogP contribution in [0.1, 0.15) is 17.3 Å². The van der Waals surface area contributed by atoms with Crippen molar-refractivity contribution in [2.45, 2.75) is 17.9 Å². The van der Waals surface area contributed by atoms with Gasteiger partial charge in [0.05, 0.1) is 10.5 Å². The van der Waals surface area contributed by atoms with E-state index in [4.69, 9.17) is 4.74 Å². The summed E-state index contributed by atoms with van der Waals surface area (Å²) in [4.78, 5) is 24.3. The lowest BCUT2D eigenvalue weighted by molar-refractivity contribution is -0.123. The van der Waals surface area contributed by atoms with E-state index in [1.54, 1.807) is 0 Å². The van der Waals surface area contributed by atoms with Crippen molar-refractivity contribution < 1.29 is 27.1 Å². The highest BCUT2D eigenvalue weighted by Gasteiger charge is 2.22. The van der Waals surface area contributed by atoms with E-state index in [2.05, 4.69) is 5.32 Å². The second-order valence-electron chi connectivity index (χ2n) is 5.86. The molecule has 0 aliphatic rings. The fourth-order valence-corrected chi connectivity index (χ4v) is 3.00. The maximum atomic E-state index is 12.9. The van der Waals surface area contributed by atoms with Gasteiger partial charge in [0.2, 0.25) is 10.0 Å². The quantitative estimate of drug-likeness (QED) is 0.759. The van der Waals surface area contributed by atoms with Crippen molar-refractivity contribution in [3.63, 3.8) is 0 Å². The minimum Gasteiger partial charge on any atom is -0.449 e. The van der Waals surface area contributed by atoms with Crippen LogP contribution in [0.5, 0.6) is 0 Å². The normalized spacial score (nSPS) is 12.5. The number of carbonyl (C=O) groups is 2. The second kappa shape index (κ2) is 8.28. The molecule has 0 fully saturated rings. The summed E-state index contributed by atoms with van der Waals surface area (Å²) in [5.41, 5.74) is 0.350. The van der Waals surface area contributed by atoms with E-state index in [1.807, 2.05) is 0 Å². The van der Waals surface area contributed by atoms with E-state index in [0.29, 0.717) is 5.69 Å². The number of carbonyl (C=O) groups excluding carboxylic acids is 2. The van der Waals surface area contributed by atoms with Gasteiger partial charge in [-0.05, 0) is 49.4 Å². The zero-order chi connectivity index (χ0) is 20.2. The SMILES string of the molecule is C[C@@H](OC(=O)c1cccc(S(=O)(=O)N(C)C)c1)C(=O)Nc1ccc(F)cc1. The highest BCUT2D eigenvalue weighted by atomic mass is 32.2. The van der Waals surface area contributed by atoms with Crippen LogP contribution in [0.4, 0.5) is 10.1 Å². The van der Waals surface area contributed by atoms with Crippen molar-refractivity contribution in [3.05, 3.63) is 59.9 Å². The molecule has 27 heavy (non-hydrogen) atoms. The number of nitrogens with zero attached hydrogens (tertiary/aromatic N) is 1. The summed E-state index contributed by atoms with van der Waals surface area (Å²) < 4.78 is 43.3. The lowest BCUT2D eigenvalue weighted by Crippen LogP contribution is -2.30. The van der Waals surface area contributed by atoms with Crippen molar-refractivity contribution in [2.24, 2.45) is 0 Å².